The first-order valence-corrected chi connectivity index (χ1v) is 10.4. The molecule has 1 saturated heterocycles. The summed E-state index contributed by atoms with van der Waals surface area (Å²) in [5.41, 5.74) is 1.32. The molecule has 0 aliphatic carbocycles. The molecule has 0 radical (unpaired) electrons. The van der Waals surface area contributed by atoms with Crippen LogP contribution in [0.4, 0.5) is 5.69 Å². The summed E-state index contributed by atoms with van der Waals surface area (Å²) in [4.78, 5) is 23.5. The van der Waals surface area contributed by atoms with E-state index < -0.39 is 0 Å². The maximum absolute atomic E-state index is 12.8. The van der Waals surface area contributed by atoms with Crippen LogP contribution < -0.4 is 0 Å². The molecule has 1 amide bonds. The smallest absolute Gasteiger partial charge is 0.266 e. The Bertz CT molecular complexity index is 1110. The Labute approximate surface area is 182 Å². The maximum atomic E-state index is 12.8. The molecule has 1 aliphatic rings. The van der Waals surface area contributed by atoms with Gasteiger partial charge in [-0.15, -0.1) is 0 Å². The third-order valence-electron chi connectivity index (χ3n) is 4.18. The van der Waals surface area contributed by atoms with Gasteiger partial charge in [0.2, 0.25) is 0 Å². The fourth-order valence-electron chi connectivity index (χ4n) is 2.83. The number of carbonyl (C=O) groups excluding carboxylic acids is 1. The molecular formula is C21H15Cl2N3O2S. The molecule has 0 spiro atoms. The summed E-state index contributed by atoms with van der Waals surface area (Å²) in [5.74, 6) is 0.957. The van der Waals surface area contributed by atoms with Gasteiger partial charge in [0.15, 0.2) is 5.17 Å². The SMILES string of the molecule is CCN1C(=O)/C(=C\c2ccc(-c3c(Cl)cccc3Cl)o2)SC1=Nc1cccnc1. The van der Waals surface area contributed by atoms with Crippen LogP contribution in [0.5, 0.6) is 0 Å². The molecule has 29 heavy (non-hydrogen) atoms. The van der Waals surface area contributed by atoms with Crippen LogP contribution >= 0.6 is 35.0 Å². The van der Waals surface area contributed by atoms with E-state index in [1.54, 1.807) is 59.8 Å². The maximum Gasteiger partial charge on any atom is 0.266 e. The molecule has 1 fully saturated rings. The van der Waals surface area contributed by atoms with E-state index in [2.05, 4.69) is 9.98 Å². The molecule has 8 heteroatoms. The molecule has 2 aromatic heterocycles. The number of aliphatic imine (C=N–C) groups is 1. The number of halogens is 2. The van der Waals surface area contributed by atoms with Gasteiger partial charge in [-0.3, -0.25) is 14.7 Å². The van der Waals surface area contributed by atoms with Gasteiger partial charge in [-0.2, -0.15) is 0 Å². The van der Waals surface area contributed by atoms with Crippen molar-refractivity contribution in [2.45, 2.75) is 6.92 Å². The molecule has 0 bridgehead atoms. The summed E-state index contributed by atoms with van der Waals surface area (Å²) in [6, 6.07) is 12.5. The normalized spacial score (nSPS) is 16.9. The fourth-order valence-corrected chi connectivity index (χ4v) is 4.45. The Morgan fingerprint density at radius 3 is 2.66 bits per heavy atom. The van der Waals surface area contributed by atoms with Gasteiger partial charge in [0.05, 0.1) is 32.4 Å². The van der Waals surface area contributed by atoms with Crippen molar-refractivity contribution >= 4 is 57.8 Å². The number of likely N-dealkylation sites (N-methyl/N-ethyl adjacent to an activating group) is 1. The second kappa shape index (κ2) is 8.45. The van der Waals surface area contributed by atoms with Crippen molar-refractivity contribution in [2.75, 3.05) is 6.54 Å². The van der Waals surface area contributed by atoms with Crippen LogP contribution in [0, 0.1) is 0 Å². The van der Waals surface area contributed by atoms with Gasteiger partial charge in [0.1, 0.15) is 11.5 Å². The van der Waals surface area contributed by atoms with Crippen molar-refractivity contribution in [3.05, 3.63) is 75.6 Å². The number of hydrogen-bond acceptors (Lipinski definition) is 5. The number of amidine groups is 1. The number of hydrogen-bond donors (Lipinski definition) is 0. The first-order chi connectivity index (χ1) is 14.1. The number of aromatic nitrogens is 1. The molecule has 146 valence electrons. The Morgan fingerprint density at radius 1 is 1.17 bits per heavy atom. The number of carbonyl (C=O) groups is 1. The number of furan rings is 1. The second-order valence-electron chi connectivity index (χ2n) is 6.06. The average molecular weight is 444 g/mol. The zero-order chi connectivity index (χ0) is 20.4. The molecule has 0 atom stereocenters. The Kier molecular flexibility index (Phi) is 5.76. The number of nitrogens with zero attached hydrogens (tertiary/aromatic N) is 3. The highest BCUT2D eigenvalue weighted by Crippen LogP contribution is 2.37. The number of thioether (sulfide) groups is 1. The number of pyridine rings is 1. The van der Waals surface area contributed by atoms with Gasteiger partial charge < -0.3 is 4.42 Å². The quantitative estimate of drug-likeness (QED) is 0.445. The highest BCUT2D eigenvalue weighted by atomic mass is 35.5. The van der Waals surface area contributed by atoms with E-state index in [1.165, 1.54) is 11.8 Å². The Balaban J connectivity index is 1.64. The van der Waals surface area contributed by atoms with Crippen molar-refractivity contribution in [1.29, 1.82) is 0 Å². The van der Waals surface area contributed by atoms with E-state index in [1.807, 2.05) is 13.0 Å². The van der Waals surface area contributed by atoms with Gasteiger partial charge in [0.25, 0.3) is 5.91 Å². The molecule has 5 nitrogen and oxygen atoms in total. The lowest BCUT2D eigenvalue weighted by molar-refractivity contribution is -0.122. The van der Waals surface area contributed by atoms with E-state index in [4.69, 9.17) is 27.6 Å². The molecular weight excluding hydrogens is 429 g/mol. The van der Waals surface area contributed by atoms with Crippen molar-refractivity contribution < 1.29 is 9.21 Å². The minimum Gasteiger partial charge on any atom is -0.457 e. The zero-order valence-electron chi connectivity index (χ0n) is 15.3. The topological polar surface area (TPSA) is 58.7 Å². The van der Waals surface area contributed by atoms with Crippen molar-refractivity contribution in [1.82, 2.24) is 9.88 Å². The van der Waals surface area contributed by atoms with E-state index in [0.29, 0.717) is 49.4 Å². The van der Waals surface area contributed by atoms with Gasteiger partial charge in [-0.1, -0.05) is 29.3 Å². The van der Waals surface area contributed by atoms with E-state index >= 15 is 0 Å². The van der Waals surface area contributed by atoms with E-state index in [-0.39, 0.29) is 5.91 Å². The first-order valence-electron chi connectivity index (χ1n) is 8.81. The van der Waals surface area contributed by atoms with Crippen LogP contribution in [0.1, 0.15) is 12.7 Å². The zero-order valence-corrected chi connectivity index (χ0v) is 17.6. The van der Waals surface area contributed by atoms with Crippen LogP contribution in [0.15, 0.2) is 69.2 Å². The predicted molar refractivity (Wildman–Crippen MR) is 118 cm³/mol. The third kappa shape index (κ3) is 4.10. The number of rotatable bonds is 4. The summed E-state index contributed by atoms with van der Waals surface area (Å²) in [7, 11) is 0. The molecule has 0 saturated carbocycles. The molecule has 1 aliphatic heterocycles. The minimum absolute atomic E-state index is 0.117. The van der Waals surface area contributed by atoms with E-state index in [0.717, 1.165) is 0 Å². The fraction of sp³-hybridized carbons (Fsp3) is 0.0952. The Hall–Kier alpha value is -2.54. The molecule has 3 aromatic rings. The summed E-state index contributed by atoms with van der Waals surface area (Å²) in [6.07, 6.45) is 5.04. The van der Waals surface area contributed by atoms with Crippen LogP contribution in [0.2, 0.25) is 10.0 Å². The van der Waals surface area contributed by atoms with Gasteiger partial charge in [-0.25, -0.2) is 4.99 Å². The molecule has 0 unspecified atom stereocenters. The summed E-state index contributed by atoms with van der Waals surface area (Å²) >= 11 is 13.8. The third-order valence-corrected chi connectivity index (χ3v) is 5.82. The average Bonchev–Trinajstić information content (AvgIpc) is 3.27. The lowest BCUT2D eigenvalue weighted by atomic mass is 10.2. The monoisotopic (exact) mass is 443 g/mol. The van der Waals surface area contributed by atoms with Crippen LogP contribution in [-0.4, -0.2) is 27.5 Å². The highest BCUT2D eigenvalue weighted by molar-refractivity contribution is 8.18. The molecule has 1 aromatic carbocycles. The summed E-state index contributed by atoms with van der Waals surface area (Å²) in [5, 5.41) is 1.61. The van der Waals surface area contributed by atoms with Crippen molar-refractivity contribution in [3.63, 3.8) is 0 Å². The van der Waals surface area contributed by atoms with Gasteiger partial charge >= 0.3 is 0 Å². The van der Waals surface area contributed by atoms with Crippen LogP contribution in [0.25, 0.3) is 17.4 Å². The molecule has 3 heterocycles. The lowest BCUT2D eigenvalue weighted by Crippen LogP contribution is -2.28. The summed E-state index contributed by atoms with van der Waals surface area (Å²) < 4.78 is 5.88. The van der Waals surface area contributed by atoms with Crippen molar-refractivity contribution in [2.24, 2.45) is 4.99 Å². The second-order valence-corrected chi connectivity index (χ2v) is 7.89. The van der Waals surface area contributed by atoms with E-state index in [9.17, 15) is 4.79 Å². The van der Waals surface area contributed by atoms with Crippen LogP contribution in [-0.2, 0) is 4.79 Å². The van der Waals surface area contributed by atoms with Crippen LogP contribution in [0.3, 0.4) is 0 Å². The standard InChI is InChI=1S/C21H15Cl2N3O2S/c1-2-26-20(27)18(29-21(26)25-13-5-4-10-24-12-13)11-14-8-9-17(28-14)19-15(22)6-3-7-16(19)23/h3-12H,2H2,1H3/b18-11+,25-21?. The lowest BCUT2D eigenvalue weighted by Gasteiger charge is -2.11. The number of amides is 1. The summed E-state index contributed by atoms with van der Waals surface area (Å²) in [6.45, 7) is 2.42. The molecule has 0 N–H and O–H groups in total. The molecule has 4 rings (SSSR count). The highest BCUT2D eigenvalue weighted by Gasteiger charge is 2.32. The van der Waals surface area contributed by atoms with Gasteiger partial charge in [-0.05, 0) is 55.1 Å². The van der Waals surface area contributed by atoms with Crippen molar-refractivity contribution in [3.8, 4) is 11.3 Å². The van der Waals surface area contributed by atoms with Gasteiger partial charge in [0, 0.05) is 18.8 Å². The first kappa shape index (κ1) is 19.8. The largest absolute Gasteiger partial charge is 0.457 e. The Morgan fingerprint density at radius 2 is 1.97 bits per heavy atom. The minimum atomic E-state index is -0.117. The number of benzene rings is 1. The predicted octanol–water partition coefficient (Wildman–Crippen LogP) is 6.27.